The Labute approximate surface area is 165 Å². The lowest BCUT2D eigenvalue weighted by atomic mass is 10.2. The monoisotopic (exact) mass is 394 g/mol. The number of halogens is 1. The van der Waals surface area contributed by atoms with E-state index in [2.05, 4.69) is 20.2 Å². The SMILES string of the molecule is Clc1cccc(-c2cnc(CSc3n[nH]c(/C=C/c4ccccc4)n3)o2)c1. The molecular weight excluding hydrogens is 380 g/mol. The summed E-state index contributed by atoms with van der Waals surface area (Å²) in [7, 11) is 0. The van der Waals surface area contributed by atoms with E-state index < -0.39 is 0 Å². The third-order valence-corrected chi connectivity index (χ3v) is 4.77. The third kappa shape index (κ3) is 4.67. The molecule has 7 heteroatoms. The fourth-order valence-corrected chi connectivity index (χ4v) is 3.26. The molecule has 0 spiro atoms. The molecule has 0 fully saturated rings. The Morgan fingerprint density at radius 1 is 1.07 bits per heavy atom. The summed E-state index contributed by atoms with van der Waals surface area (Å²) >= 11 is 7.48. The normalized spacial score (nSPS) is 11.3. The predicted molar refractivity (Wildman–Crippen MR) is 108 cm³/mol. The lowest BCUT2D eigenvalue weighted by Crippen LogP contribution is -1.81. The minimum Gasteiger partial charge on any atom is -0.440 e. The van der Waals surface area contributed by atoms with Gasteiger partial charge < -0.3 is 4.42 Å². The second-order valence-electron chi connectivity index (χ2n) is 5.66. The molecule has 2 aromatic heterocycles. The Morgan fingerprint density at radius 3 is 2.81 bits per heavy atom. The molecule has 0 aliphatic rings. The first-order chi connectivity index (χ1) is 13.3. The summed E-state index contributed by atoms with van der Waals surface area (Å²) in [6.07, 6.45) is 5.59. The van der Waals surface area contributed by atoms with Crippen molar-refractivity contribution in [1.82, 2.24) is 20.2 Å². The molecule has 0 aliphatic carbocycles. The number of rotatable bonds is 6. The Bertz CT molecular complexity index is 1060. The molecular formula is C20H15ClN4OS. The van der Waals surface area contributed by atoms with E-state index >= 15 is 0 Å². The van der Waals surface area contributed by atoms with Crippen LogP contribution in [0.1, 0.15) is 17.3 Å². The van der Waals surface area contributed by atoms with Gasteiger partial charge in [0.1, 0.15) is 5.82 Å². The molecule has 0 bridgehead atoms. The lowest BCUT2D eigenvalue weighted by Gasteiger charge is -1.96. The molecule has 1 N–H and O–H groups in total. The molecule has 4 aromatic rings. The average Bonchev–Trinajstić information content (AvgIpc) is 3.35. The number of thioether (sulfide) groups is 1. The van der Waals surface area contributed by atoms with E-state index in [0.717, 1.165) is 11.1 Å². The number of aromatic nitrogens is 4. The van der Waals surface area contributed by atoms with Crippen LogP contribution in [-0.4, -0.2) is 20.2 Å². The van der Waals surface area contributed by atoms with Crippen molar-refractivity contribution in [2.75, 3.05) is 0 Å². The quantitative estimate of drug-likeness (QED) is 0.432. The summed E-state index contributed by atoms with van der Waals surface area (Å²) in [5.74, 6) is 2.55. The van der Waals surface area contributed by atoms with Crippen LogP contribution in [-0.2, 0) is 5.75 Å². The van der Waals surface area contributed by atoms with E-state index in [1.165, 1.54) is 11.8 Å². The van der Waals surface area contributed by atoms with Crippen LogP contribution in [0.15, 0.2) is 70.4 Å². The number of H-pyrrole nitrogens is 1. The van der Waals surface area contributed by atoms with Crippen molar-refractivity contribution in [2.45, 2.75) is 10.9 Å². The molecule has 27 heavy (non-hydrogen) atoms. The summed E-state index contributed by atoms with van der Waals surface area (Å²) in [6, 6.07) is 17.5. The van der Waals surface area contributed by atoms with Crippen molar-refractivity contribution in [1.29, 1.82) is 0 Å². The minimum absolute atomic E-state index is 0.542. The number of aromatic amines is 1. The largest absolute Gasteiger partial charge is 0.440 e. The van der Waals surface area contributed by atoms with Crippen LogP contribution in [0, 0.1) is 0 Å². The fraction of sp³-hybridized carbons (Fsp3) is 0.0500. The van der Waals surface area contributed by atoms with Crippen molar-refractivity contribution in [3.63, 3.8) is 0 Å². The molecule has 0 atom stereocenters. The van der Waals surface area contributed by atoms with Gasteiger partial charge in [0.2, 0.25) is 11.0 Å². The Hall–Kier alpha value is -2.83. The van der Waals surface area contributed by atoms with Crippen molar-refractivity contribution < 1.29 is 4.42 Å². The van der Waals surface area contributed by atoms with Crippen LogP contribution in [0.2, 0.25) is 5.02 Å². The second kappa shape index (κ2) is 8.24. The van der Waals surface area contributed by atoms with Crippen molar-refractivity contribution in [3.8, 4) is 11.3 Å². The maximum absolute atomic E-state index is 6.02. The maximum atomic E-state index is 6.02. The van der Waals surface area contributed by atoms with E-state index in [4.69, 9.17) is 16.0 Å². The van der Waals surface area contributed by atoms with Gasteiger partial charge in [0.05, 0.1) is 11.9 Å². The minimum atomic E-state index is 0.542. The number of hydrogen-bond acceptors (Lipinski definition) is 5. The first kappa shape index (κ1) is 17.6. The molecule has 5 nitrogen and oxygen atoms in total. The molecule has 0 saturated carbocycles. The van der Waals surface area contributed by atoms with Crippen molar-refractivity contribution in [3.05, 3.63) is 83.1 Å². The van der Waals surface area contributed by atoms with Gasteiger partial charge in [-0.3, -0.25) is 5.10 Å². The molecule has 134 valence electrons. The van der Waals surface area contributed by atoms with Gasteiger partial charge in [-0.05, 0) is 23.8 Å². The highest BCUT2D eigenvalue weighted by atomic mass is 35.5. The standard InChI is InChI=1S/C20H15ClN4OS/c21-16-8-4-7-15(11-16)17-12-22-19(26-17)13-27-20-23-18(24-25-20)10-9-14-5-2-1-3-6-14/h1-12H,13H2,(H,23,24,25)/b10-9+. The summed E-state index contributed by atoms with van der Waals surface area (Å²) in [4.78, 5) is 8.75. The zero-order valence-corrected chi connectivity index (χ0v) is 15.7. The zero-order valence-electron chi connectivity index (χ0n) is 14.2. The van der Waals surface area contributed by atoms with E-state index in [9.17, 15) is 0 Å². The third-order valence-electron chi connectivity index (χ3n) is 3.70. The summed E-state index contributed by atoms with van der Waals surface area (Å²) in [5, 5.41) is 8.43. The maximum Gasteiger partial charge on any atom is 0.209 e. The van der Waals surface area contributed by atoms with E-state index in [-0.39, 0.29) is 0 Å². The highest BCUT2D eigenvalue weighted by Crippen LogP contribution is 2.26. The first-order valence-corrected chi connectivity index (χ1v) is 9.61. The summed E-state index contributed by atoms with van der Waals surface area (Å²) < 4.78 is 5.79. The van der Waals surface area contributed by atoms with Crippen LogP contribution in [0.25, 0.3) is 23.5 Å². The van der Waals surface area contributed by atoms with Gasteiger partial charge in [-0.2, -0.15) is 0 Å². The summed E-state index contributed by atoms with van der Waals surface area (Å²) in [6.45, 7) is 0. The lowest BCUT2D eigenvalue weighted by molar-refractivity contribution is 0.530. The molecule has 0 saturated heterocycles. The predicted octanol–water partition coefficient (Wildman–Crippen LogP) is 5.58. The Kier molecular flexibility index (Phi) is 5.37. The number of benzene rings is 2. The van der Waals surface area contributed by atoms with Gasteiger partial charge in [-0.15, -0.1) is 5.10 Å². The van der Waals surface area contributed by atoms with Gasteiger partial charge in [0.25, 0.3) is 0 Å². The van der Waals surface area contributed by atoms with Gasteiger partial charge >= 0.3 is 0 Å². The number of nitrogens with one attached hydrogen (secondary N) is 1. The number of nitrogens with zero attached hydrogens (tertiary/aromatic N) is 3. The van der Waals surface area contributed by atoms with Crippen LogP contribution < -0.4 is 0 Å². The van der Waals surface area contributed by atoms with Gasteiger partial charge in [-0.25, -0.2) is 9.97 Å². The average molecular weight is 395 g/mol. The van der Waals surface area contributed by atoms with Crippen LogP contribution >= 0.6 is 23.4 Å². The topological polar surface area (TPSA) is 67.6 Å². The van der Waals surface area contributed by atoms with Gasteiger partial charge in [-0.1, -0.05) is 71.9 Å². The van der Waals surface area contributed by atoms with Crippen LogP contribution in [0.3, 0.4) is 0 Å². The number of hydrogen-bond donors (Lipinski definition) is 1. The highest BCUT2D eigenvalue weighted by molar-refractivity contribution is 7.98. The molecule has 2 heterocycles. The van der Waals surface area contributed by atoms with E-state index in [1.54, 1.807) is 6.20 Å². The summed E-state index contributed by atoms with van der Waals surface area (Å²) in [5.41, 5.74) is 2.01. The van der Waals surface area contributed by atoms with Crippen LogP contribution in [0.5, 0.6) is 0 Å². The molecule has 0 aliphatic heterocycles. The second-order valence-corrected chi connectivity index (χ2v) is 7.04. The van der Waals surface area contributed by atoms with Gasteiger partial charge in [0.15, 0.2) is 5.76 Å². The van der Waals surface area contributed by atoms with Gasteiger partial charge in [0, 0.05) is 10.6 Å². The molecule has 4 rings (SSSR count). The van der Waals surface area contributed by atoms with E-state index in [0.29, 0.717) is 33.4 Å². The molecule has 0 amide bonds. The zero-order chi connectivity index (χ0) is 18.5. The fourth-order valence-electron chi connectivity index (χ4n) is 2.42. The Balaban J connectivity index is 1.37. The first-order valence-electron chi connectivity index (χ1n) is 8.25. The van der Waals surface area contributed by atoms with Crippen LogP contribution in [0.4, 0.5) is 0 Å². The highest BCUT2D eigenvalue weighted by Gasteiger charge is 2.09. The smallest absolute Gasteiger partial charge is 0.209 e. The number of oxazole rings is 1. The Morgan fingerprint density at radius 2 is 1.96 bits per heavy atom. The molecule has 0 unspecified atom stereocenters. The van der Waals surface area contributed by atoms with Crippen molar-refractivity contribution in [2.24, 2.45) is 0 Å². The molecule has 0 radical (unpaired) electrons. The molecule has 2 aromatic carbocycles. The van der Waals surface area contributed by atoms with E-state index in [1.807, 2.05) is 66.7 Å². The van der Waals surface area contributed by atoms with Crippen molar-refractivity contribution >= 4 is 35.5 Å².